The lowest BCUT2D eigenvalue weighted by atomic mass is 10.1. The van der Waals surface area contributed by atoms with Gasteiger partial charge in [-0.2, -0.15) is 11.8 Å². The number of carbonyl (C=O) groups excluding carboxylic acids is 3. The predicted octanol–water partition coefficient (Wildman–Crippen LogP) is 2.75. The summed E-state index contributed by atoms with van der Waals surface area (Å²) in [4.78, 5) is 39.0. The maximum atomic E-state index is 12.6. The Kier molecular flexibility index (Phi) is 8.44. The van der Waals surface area contributed by atoms with Crippen LogP contribution >= 0.6 is 23.4 Å². The second-order valence-corrected chi connectivity index (χ2v) is 7.85. The Labute approximate surface area is 169 Å². The molecule has 1 saturated heterocycles. The van der Waals surface area contributed by atoms with Crippen LogP contribution in [0.4, 0.5) is 0 Å². The molecule has 2 amide bonds. The number of carbonyl (C=O) groups is 3. The molecule has 0 radical (unpaired) electrons. The lowest BCUT2D eigenvalue weighted by Gasteiger charge is -2.23. The third-order valence-electron chi connectivity index (χ3n) is 4.37. The summed E-state index contributed by atoms with van der Waals surface area (Å²) in [6.45, 7) is 2.97. The molecule has 0 bridgehead atoms. The number of benzene rings is 1. The van der Waals surface area contributed by atoms with Gasteiger partial charge in [0.2, 0.25) is 0 Å². The molecule has 0 unspecified atom stereocenters. The number of ether oxygens (including phenoxy) is 1. The minimum Gasteiger partial charge on any atom is -0.451 e. The molecule has 2 rings (SSSR count). The molecular weight excluding hydrogens is 388 g/mol. The zero-order chi connectivity index (χ0) is 19.8. The van der Waals surface area contributed by atoms with E-state index in [9.17, 15) is 14.4 Å². The van der Waals surface area contributed by atoms with Gasteiger partial charge in [0.15, 0.2) is 6.10 Å². The second-order valence-electron chi connectivity index (χ2n) is 6.43. The van der Waals surface area contributed by atoms with Crippen LogP contribution in [0.15, 0.2) is 24.3 Å². The summed E-state index contributed by atoms with van der Waals surface area (Å²) in [5.74, 6) is -0.483. The van der Waals surface area contributed by atoms with E-state index in [2.05, 4.69) is 5.32 Å². The van der Waals surface area contributed by atoms with E-state index in [1.165, 1.54) is 0 Å². The van der Waals surface area contributed by atoms with Gasteiger partial charge in [0.1, 0.15) is 6.04 Å². The van der Waals surface area contributed by atoms with Crippen LogP contribution in [0.2, 0.25) is 5.02 Å². The average molecular weight is 413 g/mol. The van der Waals surface area contributed by atoms with E-state index in [1.54, 1.807) is 47.9 Å². The van der Waals surface area contributed by atoms with Crippen molar-refractivity contribution in [3.8, 4) is 0 Å². The van der Waals surface area contributed by atoms with Crippen molar-refractivity contribution in [2.24, 2.45) is 0 Å². The highest BCUT2D eigenvalue weighted by molar-refractivity contribution is 7.98. The first-order valence-corrected chi connectivity index (χ1v) is 10.7. The van der Waals surface area contributed by atoms with Crippen LogP contribution in [0.5, 0.6) is 0 Å². The summed E-state index contributed by atoms with van der Waals surface area (Å²) >= 11 is 7.40. The Morgan fingerprint density at radius 1 is 1.22 bits per heavy atom. The maximum Gasteiger partial charge on any atom is 0.329 e. The Balaban J connectivity index is 1.98. The molecule has 1 aromatic rings. The van der Waals surface area contributed by atoms with Crippen molar-refractivity contribution in [2.45, 2.75) is 38.3 Å². The number of esters is 1. The summed E-state index contributed by atoms with van der Waals surface area (Å²) in [5.41, 5.74) is 0.405. The first kappa shape index (κ1) is 21.6. The van der Waals surface area contributed by atoms with E-state index in [4.69, 9.17) is 16.3 Å². The largest absolute Gasteiger partial charge is 0.451 e. The van der Waals surface area contributed by atoms with E-state index < -0.39 is 18.1 Å². The number of nitrogens with zero attached hydrogens (tertiary/aromatic N) is 1. The number of thioether (sulfide) groups is 1. The molecule has 8 heteroatoms. The molecule has 1 aromatic carbocycles. The first-order valence-electron chi connectivity index (χ1n) is 8.97. The van der Waals surface area contributed by atoms with E-state index in [1.807, 2.05) is 6.26 Å². The fourth-order valence-corrected chi connectivity index (χ4v) is 3.43. The lowest BCUT2D eigenvalue weighted by molar-refractivity contribution is -0.160. The van der Waals surface area contributed by atoms with Gasteiger partial charge in [-0.1, -0.05) is 11.6 Å². The molecule has 1 N–H and O–H groups in total. The highest BCUT2D eigenvalue weighted by atomic mass is 35.5. The van der Waals surface area contributed by atoms with Gasteiger partial charge in [-0.05, 0) is 62.5 Å². The average Bonchev–Trinajstić information content (AvgIpc) is 3.19. The van der Waals surface area contributed by atoms with Crippen LogP contribution in [0.25, 0.3) is 0 Å². The van der Waals surface area contributed by atoms with E-state index in [0.29, 0.717) is 35.8 Å². The topological polar surface area (TPSA) is 75.7 Å². The minimum absolute atomic E-state index is 0.187. The predicted molar refractivity (Wildman–Crippen MR) is 107 cm³/mol. The number of hydrogen-bond acceptors (Lipinski definition) is 5. The van der Waals surface area contributed by atoms with Gasteiger partial charge < -0.3 is 15.0 Å². The Hall–Kier alpha value is -1.73. The van der Waals surface area contributed by atoms with Crippen molar-refractivity contribution in [1.29, 1.82) is 0 Å². The Morgan fingerprint density at radius 2 is 1.85 bits per heavy atom. The van der Waals surface area contributed by atoms with Crippen LogP contribution in [-0.4, -0.2) is 59.9 Å². The molecule has 1 heterocycles. The molecule has 1 aliphatic heterocycles. The van der Waals surface area contributed by atoms with Crippen LogP contribution in [0, 0.1) is 0 Å². The third kappa shape index (κ3) is 6.43. The number of nitrogens with one attached hydrogen (secondary N) is 1. The van der Waals surface area contributed by atoms with Crippen molar-refractivity contribution < 1.29 is 19.1 Å². The van der Waals surface area contributed by atoms with Crippen LogP contribution in [-0.2, 0) is 14.3 Å². The highest BCUT2D eigenvalue weighted by Gasteiger charge is 2.29. The van der Waals surface area contributed by atoms with E-state index in [-0.39, 0.29) is 11.8 Å². The molecule has 1 aliphatic rings. The molecule has 148 valence electrons. The quantitative estimate of drug-likeness (QED) is 0.664. The van der Waals surface area contributed by atoms with Gasteiger partial charge in [0.05, 0.1) is 0 Å². The highest BCUT2D eigenvalue weighted by Crippen LogP contribution is 2.13. The minimum atomic E-state index is -0.861. The Bertz CT molecular complexity index is 662. The molecule has 0 aromatic heterocycles. The summed E-state index contributed by atoms with van der Waals surface area (Å²) in [5, 5.41) is 3.23. The Morgan fingerprint density at radius 3 is 2.44 bits per heavy atom. The molecule has 1 fully saturated rings. The fourth-order valence-electron chi connectivity index (χ4n) is 2.83. The van der Waals surface area contributed by atoms with Crippen LogP contribution in [0.3, 0.4) is 0 Å². The van der Waals surface area contributed by atoms with Gasteiger partial charge in [-0.25, -0.2) is 4.79 Å². The van der Waals surface area contributed by atoms with Crippen molar-refractivity contribution in [3.63, 3.8) is 0 Å². The van der Waals surface area contributed by atoms with Crippen molar-refractivity contribution >= 4 is 41.1 Å². The lowest BCUT2D eigenvalue weighted by Crippen LogP contribution is -2.45. The number of rotatable bonds is 8. The number of amides is 2. The summed E-state index contributed by atoms with van der Waals surface area (Å²) in [6.07, 6.45) is 3.42. The van der Waals surface area contributed by atoms with Gasteiger partial charge in [-0.15, -0.1) is 0 Å². The van der Waals surface area contributed by atoms with E-state index >= 15 is 0 Å². The second kappa shape index (κ2) is 10.6. The smallest absolute Gasteiger partial charge is 0.329 e. The molecule has 2 atom stereocenters. The van der Waals surface area contributed by atoms with Gasteiger partial charge in [-0.3, -0.25) is 9.59 Å². The molecule has 27 heavy (non-hydrogen) atoms. The monoisotopic (exact) mass is 412 g/mol. The summed E-state index contributed by atoms with van der Waals surface area (Å²) in [6, 6.07) is 5.60. The van der Waals surface area contributed by atoms with Crippen molar-refractivity contribution in [3.05, 3.63) is 34.9 Å². The first-order chi connectivity index (χ1) is 12.9. The van der Waals surface area contributed by atoms with Crippen LogP contribution in [0.1, 0.15) is 36.5 Å². The summed E-state index contributed by atoms with van der Waals surface area (Å²) < 4.78 is 5.36. The van der Waals surface area contributed by atoms with Gasteiger partial charge in [0, 0.05) is 23.7 Å². The third-order valence-corrected chi connectivity index (χ3v) is 5.26. The zero-order valence-electron chi connectivity index (χ0n) is 15.6. The molecule has 0 saturated carbocycles. The van der Waals surface area contributed by atoms with Gasteiger partial charge >= 0.3 is 5.97 Å². The molecule has 0 spiro atoms. The SMILES string of the molecule is CSCC[C@H](NC(=O)c1ccc(Cl)cc1)C(=O)O[C@H](C)C(=O)N1CCCC1. The summed E-state index contributed by atoms with van der Waals surface area (Å²) in [7, 11) is 0. The standard InChI is InChI=1S/C19H25ClN2O4S/c1-13(18(24)22-10-3-4-11-22)26-19(25)16(9-12-27-2)21-17(23)14-5-7-15(20)8-6-14/h5-8,13,16H,3-4,9-12H2,1-2H3,(H,21,23)/t13-,16+/m1/s1. The maximum absolute atomic E-state index is 12.6. The number of halogens is 1. The molecule has 0 aliphatic carbocycles. The van der Waals surface area contributed by atoms with E-state index in [0.717, 1.165) is 12.8 Å². The van der Waals surface area contributed by atoms with Gasteiger partial charge in [0.25, 0.3) is 11.8 Å². The fraction of sp³-hybridized carbons (Fsp3) is 0.526. The number of likely N-dealkylation sites (tertiary alicyclic amines) is 1. The number of hydrogen-bond donors (Lipinski definition) is 1. The van der Waals surface area contributed by atoms with Crippen molar-refractivity contribution in [2.75, 3.05) is 25.1 Å². The normalized spacial score (nSPS) is 15.9. The molecular formula is C19H25ClN2O4S. The zero-order valence-corrected chi connectivity index (χ0v) is 17.1. The van der Waals surface area contributed by atoms with Crippen molar-refractivity contribution in [1.82, 2.24) is 10.2 Å². The molecule has 6 nitrogen and oxygen atoms in total. The van der Waals surface area contributed by atoms with Crippen LogP contribution < -0.4 is 5.32 Å².